The fourth-order valence-corrected chi connectivity index (χ4v) is 5.48. The van der Waals surface area contributed by atoms with E-state index in [1.165, 1.54) is 0 Å². The van der Waals surface area contributed by atoms with Gasteiger partial charge in [-0.05, 0) is 65.0 Å². The van der Waals surface area contributed by atoms with E-state index in [0.29, 0.717) is 25.2 Å². The van der Waals surface area contributed by atoms with E-state index in [9.17, 15) is 13.2 Å². The highest BCUT2D eigenvalue weighted by Crippen LogP contribution is 2.34. The third kappa shape index (κ3) is 4.62. The number of amides is 1. The number of hydrogen-bond acceptors (Lipinski definition) is 5. The van der Waals surface area contributed by atoms with E-state index < -0.39 is 15.6 Å². The standard InChI is InChI=1S/C22H30N4O4S/c1-21(2,3)30-20(27)25-11-6-16(7-12-25)18-14-17(15-26-13-10-23-19(18)26)31(28,29)24-22(4)8-5-9-22/h6,10,13-15,24H,5,7-9,11-12H2,1-4H3. The Morgan fingerprint density at radius 3 is 2.61 bits per heavy atom. The molecule has 1 aliphatic carbocycles. The van der Waals surface area contributed by atoms with Crippen molar-refractivity contribution >= 4 is 27.3 Å². The first kappa shape index (κ1) is 21.8. The minimum Gasteiger partial charge on any atom is -0.444 e. The predicted molar refractivity (Wildman–Crippen MR) is 118 cm³/mol. The summed E-state index contributed by atoms with van der Waals surface area (Å²) in [6.07, 6.45) is 9.94. The van der Waals surface area contributed by atoms with E-state index >= 15 is 0 Å². The Labute approximate surface area is 183 Å². The van der Waals surface area contributed by atoms with Gasteiger partial charge >= 0.3 is 6.09 Å². The SMILES string of the molecule is CC1(NS(=O)(=O)c2cc(C3=CCN(C(=O)OC(C)(C)C)CC3)c3nccn3c2)CCC1. The maximum Gasteiger partial charge on any atom is 0.410 e. The summed E-state index contributed by atoms with van der Waals surface area (Å²) in [6, 6.07) is 1.70. The number of carbonyl (C=O) groups is 1. The number of imidazole rings is 1. The molecule has 3 heterocycles. The number of aromatic nitrogens is 2. The number of fused-ring (bicyclic) bond motifs is 1. The number of nitrogens with one attached hydrogen (secondary N) is 1. The summed E-state index contributed by atoms with van der Waals surface area (Å²) in [5.41, 5.74) is 1.53. The van der Waals surface area contributed by atoms with E-state index in [1.807, 2.05) is 33.8 Å². The molecule has 9 heteroatoms. The molecule has 4 rings (SSSR count). The molecule has 2 aromatic rings. The van der Waals surface area contributed by atoms with Gasteiger partial charge in [0.2, 0.25) is 10.0 Å². The molecular formula is C22H30N4O4S. The lowest BCUT2D eigenvalue weighted by Crippen LogP contribution is -2.50. The van der Waals surface area contributed by atoms with E-state index in [4.69, 9.17) is 4.74 Å². The highest BCUT2D eigenvalue weighted by atomic mass is 32.2. The summed E-state index contributed by atoms with van der Waals surface area (Å²) in [4.78, 5) is 18.6. The van der Waals surface area contributed by atoms with Crippen molar-refractivity contribution in [2.45, 2.75) is 69.4 Å². The van der Waals surface area contributed by atoms with Crippen LogP contribution in [0, 0.1) is 0 Å². The van der Waals surface area contributed by atoms with Crippen molar-refractivity contribution in [1.82, 2.24) is 19.0 Å². The molecule has 0 atom stereocenters. The first-order chi connectivity index (χ1) is 14.5. The molecule has 2 aromatic heterocycles. The van der Waals surface area contributed by atoms with Crippen molar-refractivity contribution in [1.29, 1.82) is 0 Å². The second-order valence-electron chi connectivity index (χ2n) is 9.67. The quantitative estimate of drug-likeness (QED) is 0.775. The molecule has 0 bridgehead atoms. The largest absolute Gasteiger partial charge is 0.444 e. The van der Waals surface area contributed by atoms with Crippen molar-refractivity contribution in [2.75, 3.05) is 13.1 Å². The van der Waals surface area contributed by atoms with Crippen LogP contribution in [0.1, 0.15) is 58.9 Å². The fraction of sp³-hybridized carbons (Fsp3) is 0.545. The topological polar surface area (TPSA) is 93.0 Å². The lowest BCUT2D eigenvalue weighted by molar-refractivity contribution is 0.0270. The van der Waals surface area contributed by atoms with Crippen molar-refractivity contribution in [2.24, 2.45) is 0 Å². The summed E-state index contributed by atoms with van der Waals surface area (Å²) >= 11 is 0. The van der Waals surface area contributed by atoms with E-state index in [-0.39, 0.29) is 16.5 Å². The Hall–Kier alpha value is -2.39. The molecule has 8 nitrogen and oxygen atoms in total. The molecular weight excluding hydrogens is 416 g/mol. The molecule has 0 spiro atoms. The monoisotopic (exact) mass is 446 g/mol. The average Bonchev–Trinajstić information content (AvgIpc) is 3.13. The van der Waals surface area contributed by atoms with Gasteiger partial charge in [-0.3, -0.25) is 0 Å². The van der Waals surface area contributed by atoms with Gasteiger partial charge in [0.15, 0.2) is 0 Å². The predicted octanol–water partition coefficient (Wildman–Crippen LogP) is 3.58. The van der Waals surface area contributed by atoms with Gasteiger partial charge in [0.25, 0.3) is 0 Å². The lowest BCUT2D eigenvalue weighted by atomic mass is 9.80. The first-order valence-electron chi connectivity index (χ1n) is 10.6. The summed E-state index contributed by atoms with van der Waals surface area (Å²) < 4.78 is 36.2. The fourth-order valence-electron chi connectivity index (χ4n) is 3.99. The minimum absolute atomic E-state index is 0.219. The summed E-state index contributed by atoms with van der Waals surface area (Å²) in [6.45, 7) is 8.38. The Morgan fingerprint density at radius 2 is 2.03 bits per heavy atom. The van der Waals surface area contributed by atoms with Crippen LogP contribution in [0.5, 0.6) is 0 Å². The first-order valence-corrected chi connectivity index (χ1v) is 12.1. The lowest BCUT2D eigenvalue weighted by Gasteiger charge is -2.38. The number of ether oxygens (including phenoxy) is 1. The van der Waals surface area contributed by atoms with Gasteiger partial charge in [-0.2, -0.15) is 0 Å². The zero-order chi connectivity index (χ0) is 22.4. The second-order valence-corrected chi connectivity index (χ2v) is 11.4. The maximum atomic E-state index is 13.1. The second kappa shape index (κ2) is 7.63. The highest BCUT2D eigenvalue weighted by molar-refractivity contribution is 7.89. The molecule has 1 fully saturated rings. The summed E-state index contributed by atoms with van der Waals surface area (Å²) in [5.74, 6) is 0. The van der Waals surface area contributed by atoms with Crippen LogP contribution in [-0.4, -0.2) is 53.0 Å². The van der Waals surface area contributed by atoms with Gasteiger partial charge in [-0.1, -0.05) is 6.08 Å². The van der Waals surface area contributed by atoms with Gasteiger partial charge in [0.1, 0.15) is 11.2 Å². The molecule has 1 amide bonds. The third-order valence-electron chi connectivity index (χ3n) is 5.82. The zero-order valence-corrected chi connectivity index (χ0v) is 19.3. The smallest absolute Gasteiger partial charge is 0.410 e. The van der Waals surface area contributed by atoms with Crippen LogP contribution < -0.4 is 4.72 Å². The van der Waals surface area contributed by atoms with Crippen LogP contribution in [0.4, 0.5) is 4.79 Å². The Morgan fingerprint density at radius 1 is 1.29 bits per heavy atom. The Balaban J connectivity index is 1.62. The average molecular weight is 447 g/mol. The molecule has 0 unspecified atom stereocenters. The molecule has 0 radical (unpaired) electrons. The molecule has 31 heavy (non-hydrogen) atoms. The maximum absolute atomic E-state index is 13.1. The number of pyridine rings is 1. The van der Waals surface area contributed by atoms with Crippen LogP contribution >= 0.6 is 0 Å². The van der Waals surface area contributed by atoms with Gasteiger partial charge in [-0.15, -0.1) is 0 Å². The van der Waals surface area contributed by atoms with Gasteiger partial charge < -0.3 is 14.0 Å². The summed E-state index contributed by atoms with van der Waals surface area (Å²) in [7, 11) is -3.66. The molecule has 0 aromatic carbocycles. The molecule has 1 N–H and O–H groups in total. The van der Waals surface area contributed by atoms with Gasteiger partial charge in [0.05, 0.1) is 4.90 Å². The summed E-state index contributed by atoms with van der Waals surface area (Å²) in [5, 5.41) is 0. The van der Waals surface area contributed by atoms with E-state index in [1.54, 1.807) is 34.0 Å². The molecule has 1 aliphatic heterocycles. The molecule has 0 saturated heterocycles. The zero-order valence-electron chi connectivity index (χ0n) is 18.5. The Kier molecular flexibility index (Phi) is 5.37. The van der Waals surface area contributed by atoms with Crippen LogP contribution in [0.15, 0.2) is 35.6 Å². The van der Waals surface area contributed by atoms with Crippen molar-refractivity contribution < 1.29 is 17.9 Å². The normalized spacial score (nSPS) is 19.1. The number of hydrogen-bond donors (Lipinski definition) is 1. The van der Waals surface area contributed by atoms with Crippen molar-refractivity contribution in [3.05, 3.63) is 36.3 Å². The Bertz CT molecular complexity index is 1140. The number of nitrogens with zero attached hydrogens (tertiary/aromatic N) is 3. The number of sulfonamides is 1. The van der Waals surface area contributed by atoms with Crippen LogP contribution in [0.3, 0.4) is 0 Å². The number of rotatable bonds is 4. The highest BCUT2D eigenvalue weighted by Gasteiger charge is 2.36. The minimum atomic E-state index is -3.66. The van der Waals surface area contributed by atoms with E-state index in [2.05, 4.69) is 9.71 Å². The van der Waals surface area contributed by atoms with Gasteiger partial charge in [0, 0.05) is 42.8 Å². The molecule has 168 valence electrons. The van der Waals surface area contributed by atoms with Crippen LogP contribution in [-0.2, 0) is 14.8 Å². The van der Waals surface area contributed by atoms with Crippen LogP contribution in [0.25, 0.3) is 11.2 Å². The number of carbonyl (C=O) groups excluding carboxylic acids is 1. The van der Waals surface area contributed by atoms with Crippen molar-refractivity contribution in [3.63, 3.8) is 0 Å². The third-order valence-corrected chi connectivity index (χ3v) is 7.42. The van der Waals surface area contributed by atoms with E-state index in [0.717, 1.165) is 30.4 Å². The van der Waals surface area contributed by atoms with Crippen molar-refractivity contribution in [3.8, 4) is 0 Å². The van der Waals surface area contributed by atoms with Gasteiger partial charge in [-0.25, -0.2) is 22.9 Å². The van der Waals surface area contributed by atoms with Crippen LogP contribution in [0.2, 0.25) is 0 Å². The molecule has 2 aliphatic rings. The molecule has 1 saturated carbocycles.